The van der Waals surface area contributed by atoms with E-state index in [0.717, 1.165) is 17.0 Å². The molecule has 2 heterocycles. The van der Waals surface area contributed by atoms with Gasteiger partial charge in [0.1, 0.15) is 0 Å². The Morgan fingerprint density at radius 1 is 1.28 bits per heavy atom. The van der Waals surface area contributed by atoms with Crippen LogP contribution in [-0.4, -0.2) is 28.1 Å². The largest absolute Gasteiger partial charge is 0.363 e. The van der Waals surface area contributed by atoms with Crippen molar-refractivity contribution >= 4 is 38.8 Å². The van der Waals surface area contributed by atoms with Gasteiger partial charge in [0.2, 0.25) is 10.1 Å². The van der Waals surface area contributed by atoms with Gasteiger partial charge in [-0.15, -0.1) is 21.5 Å². The monoisotopic (exact) mass is 283 g/mol. The first kappa shape index (κ1) is 12.9. The van der Waals surface area contributed by atoms with Gasteiger partial charge in [-0.1, -0.05) is 18.3 Å². The predicted octanol–water partition coefficient (Wildman–Crippen LogP) is 2.16. The normalized spacial score (nSPS) is 10.4. The molecule has 0 fully saturated rings. The van der Waals surface area contributed by atoms with Crippen molar-refractivity contribution in [2.75, 3.05) is 17.7 Å². The smallest absolute Gasteiger partial charge is 0.288 e. The highest BCUT2D eigenvalue weighted by atomic mass is 32.1. The van der Waals surface area contributed by atoms with Crippen LogP contribution in [0.3, 0.4) is 0 Å². The lowest BCUT2D eigenvalue weighted by Crippen LogP contribution is -2.11. The summed E-state index contributed by atoms with van der Waals surface area (Å²) in [5.74, 6) is -0.273. The molecule has 0 saturated carbocycles. The van der Waals surface area contributed by atoms with E-state index in [9.17, 15) is 4.79 Å². The lowest BCUT2D eigenvalue weighted by atomic mass is 10.3. The summed E-state index contributed by atoms with van der Waals surface area (Å²) in [6.07, 6.45) is 0.862. The van der Waals surface area contributed by atoms with E-state index in [1.807, 2.05) is 13.8 Å². The SMILES string of the molecule is CCc1nc(NC(=O)c2nnc(NC)s2)sc1C. The van der Waals surface area contributed by atoms with Crippen LogP contribution in [0.2, 0.25) is 0 Å². The third-order valence-corrected chi connectivity index (χ3v) is 4.15. The first-order valence-electron chi connectivity index (χ1n) is 5.43. The Morgan fingerprint density at radius 2 is 2.06 bits per heavy atom. The first-order valence-corrected chi connectivity index (χ1v) is 7.06. The van der Waals surface area contributed by atoms with Gasteiger partial charge in [-0.05, 0) is 13.3 Å². The highest BCUT2D eigenvalue weighted by Crippen LogP contribution is 2.23. The molecule has 2 aromatic rings. The Morgan fingerprint density at radius 3 is 2.61 bits per heavy atom. The van der Waals surface area contributed by atoms with Crippen LogP contribution in [0.15, 0.2) is 0 Å². The molecular weight excluding hydrogens is 270 g/mol. The standard InChI is InChI=1S/C10H13N5OS2/c1-4-6-5(2)17-10(12-6)13-7(16)8-14-15-9(11-3)18-8/h4H2,1-3H3,(H,11,15)(H,12,13,16). The number of carbonyl (C=O) groups excluding carboxylic acids is 1. The molecule has 0 aliphatic rings. The molecule has 0 aliphatic heterocycles. The van der Waals surface area contributed by atoms with Crippen LogP contribution in [-0.2, 0) is 6.42 Å². The molecule has 0 saturated heterocycles. The second kappa shape index (κ2) is 5.40. The maximum atomic E-state index is 11.9. The van der Waals surface area contributed by atoms with Crippen molar-refractivity contribution in [2.45, 2.75) is 20.3 Å². The van der Waals surface area contributed by atoms with Crippen LogP contribution in [0, 0.1) is 6.92 Å². The third kappa shape index (κ3) is 2.65. The van der Waals surface area contributed by atoms with Gasteiger partial charge in [-0.25, -0.2) is 4.98 Å². The van der Waals surface area contributed by atoms with Gasteiger partial charge in [-0.3, -0.25) is 10.1 Å². The van der Waals surface area contributed by atoms with Crippen molar-refractivity contribution in [3.63, 3.8) is 0 Å². The predicted molar refractivity (Wildman–Crippen MR) is 73.6 cm³/mol. The Kier molecular flexibility index (Phi) is 3.87. The minimum Gasteiger partial charge on any atom is -0.363 e. The summed E-state index contributed by atoms with van der Waals surface area (Å²) in [6, 6.07) is 0. The Bertz CT molecular complexity index is 562. The Balaban J connectivity index is 2.10. The molecule has 2 aromatic heterocycles. The summed E-state index contributed by atoms with van der Waals surface area (Å²) in [7, 11) is 1.74. The molecule has 0 radical (unpaired) electrons. The van der Waals surface area contributed by atoms with Crippen LogP contribution in [0.25, 0.3) is 0 Å². The van der Waals surface area contributed by atoms with Gasteiger partial charge in [0.25, 0.3) is 5.91 Å². The number of aryl methyl sites for hydroxylation is 2. The summed E-state index contributed by atoms with van der Waals surface area (Å²) in [4.78, 5) is 17.4. The number of anilines is 2. The summed E-state index contributed by atoms with van der Waals surface area (Å²) in [5.41, 5.74) is 1.02. The highest BCUT2D eigenvalue weighted by molar-refractivity contribution is 7.17. The van der Waals surface area contributed by atoms with Crippen LogP contribution in [0.1, 0.15) is 27.3 Å². The molecule has 0 aromatic carbocycles. The van der Waals surface area contributed by atoms with Crippen molar-refractivity contribution < 1.29 is 4.79 Å². The number of thiazole rings is 1. The molecule has 0 aliphatic carbocycles. The quantitative estimate of drug-likeness (QED) is 0.899. The van der Waals surface area contributed by atoms with Crippen LogP contribution >= 0.6 is 22.7 Å². The number of rotatable bonds is 4. The Labute approximate surface area is 112 Å². The minimum atomic E-state index is -0.273. The summed E-state index contributed by atoms with van der Waals surface area (Å²) in [6.45, 7) is 4.04. The number of aromatic nitrogens is 3. The molecule has 6 nitrogen and oxygen atoms in total. The van der Waals surface area contributed by atoms with Crippen molar-refractivity contribution in [1.82, 2.24) is 15.2 Å². The lowest BCUT2D eigenvalue weighted by Gasteiger charge is -1.95. The fourth-order valence-corrected chi connectivity index (χ4v) is 2.87. The van der Waals surface area contributed by atoms with E-state index in [1.54, 1.807) is 7.05 Å². The molecule has 18 heavy (non-hydrogen) atoms. The fourth-order valence-electron chi connectivity index (χ4n) is 1.38. The van der Waals surface area contributed by atoms with E-state index in [1.165, 1.54) is 22.7 Å². The lowest BCUT2D eigenvalue weighted by molar-refractivity contribution is 0.102. The zero-order valence-corrected chi connectivity index (χ0v) is 11.9. The average Bonchev–Trinajstić information content (AvgIpc) is 2.95. The van der Waals surface area contributed by atoms with Gasteiger partial charge in [0.15, 0.2) is 5.13 Å². The zero-order valence-electron chi connectivity index (χ0n) is 10.3. The summed E-state index contributed by atoms with van der Waals surface area (Å²) < 4.78 is 0. The Hall–Kier alpha value is -1.54. The molecule has 0 spiro atoms. The van der Waals surface area contributed by atoms with Gasteiger partial charge in [-0.2, -0.15) is 0 Å². The van der Waals surface area contributed by atoms with Crippen LogP contribution < -0.4 is 10.6 Å². The first-order chi connectivity index (χ1) is 8.63. The van der Waals surface area contributed by atoms with Crippen molar-refractivity contribution in [1.29, 1.82) is 0 Å². The summed E-state index contributed by atoms with van der Waals surface area (Å²) in [5, 5.41) is 14.7. The third-order valence-electron chi connectivity index (χ3n) is 2.28. The van der Waals surface area contributed by atoms with Crippen molar-refractivity contribution in [3.8, 4) is 0 Å². The van der Waals surface area contributed by atoms with E-state index < -0.39 is 0 Å². The van der Waals surface area contributed by atoms with Crippen molar-refractivity contribution in [2.24, 2.45) is 0 Å². The van der Waals surface area contributed by atoms with E-state index in [4.69, 9.17) is 0 Å². The van der Waals surface area contributed by atoms with E-state index in [2.05, 4.69) is 25.8 Å². The molecule has 2 N–H and O–H groups in total. The van der Waals surface area contributed by atoms with Gasteiger partial charge < -0.3 is 5.32 Å². The van der Waals surface area contributed by atoms with E-state index in [0.29, 0.717) is 15.3 Å². The molecule has 2 rings (SSSR count). The van der Waals surface area contributed by atoms with Gasteiger partial charge in [0, 0.05) is 11.9 Å². The number of nitrogens with one attached hydrogen (secondary N) is 2. The number of nitrogens with zero attached hydrogens (tertiary/aromatic N) is 3. The molecule has 0 bridgehead atoms. The van der Waals surface area contributed by atoms with E-state index in [-0.39, 0.29) is 5.91 Å². The number of hydrogen-bond acceptors (Lipinski definition) is 7. The molecule has 0 unspecified atom stereocenters. The number of amides is 1. The van der Waals surface area contributed by atoms with Gasteiger partial charge in [0.05, 0.1) is 5.69 Å². The number of hydrogen-bond donors (Lipinski definition) is 2. The molecule has 8 heteroatoms. The minimum absolute atomic E-state index is 0.273. The van der Waals surface area contributed by atoms with Gasteiger partial charge >= 0.3 is 0 Å². The topological polar surface area (TPSA) is 79.8 Å². The zero-order chi connectivity index (χ0) is 13.1. The second-order valence-electron chi connectivity index (χ2n) is 3.49. The summed E-state index contributed by atoms with van der Waals surface area (Å²) >= 11 is 2.68. The maximum absolute atomic E-state index is 11.9. The molecule has 1 amide bonds. The molecule has 96 valence electrons. The van der Waals surface area contributed by atoms with Crippen LogP contribution in [0.5, 0.6) is 0 Å². The maximum Gasteiger partial charge on any atom is 0.288 e. The van der Waals surface area contributed by atoms with Crippen molar-refractivity contribution in [3.05, 3.63) is 15.6 Å². The molecule has 0 atom stereocenters. The second-order valence-corrected chi connectivity index (χ2v) is 5.67. The van der Waals surface area contributed by atoms with Crippen LogP contribution in [0.4, 0.5) is 10.3 Å². The average molecular weight is 283 g/mol. The molecular formula is C10H13N5OS2. The fraction of sp³-hybridized carbons (Fsp3) is 0.400. The highest BCUT2D eigenvalue weighted by Gasteiger charge is 2.15. The number of carbonyl (C=O) groups is 1. The van der Waals surface area contributed by atoms with E-state index >= 15 is 0 Å².